The van der Waals surface area contributed by atoms with Crippen molar-refractivity contribution >= 4 is 22.9 Å². The van der Waals surface area contributed by atoms with Crippen LogP contribution in [0.1, 0.15) is 28.2 Å². The van der Waals surface area contributed by atoms with E-state index in [9.17, 15) is 9.18 Å². The Kier molecular flexibility index (Phi) is 5.22. The fraction of sp³-hybridized carbons (Fsp3) is 0.208. The SMILES string of the molecule is COc1ccc(C)c2c1N(C(=O)c1nc(-c3cccs3)n(-c3ccc(F)cc3)n1)CCC2. The second kappa shape index (κ2) is 8.20. The number of benzene rings is 2. The number of carbonyl (C=O) groups is 1. The van der Waals surface area contributed by atoms with E-state index in [1.165, 1.54) is 23.5 Å². The number of amides is 1. The largest absolute Gasteiger partial charge is 0.495 e. The summed E-state index contributed by atoms with van der Waals surface area (Å²) >= 11 is 1.50. The van der Waals surface area contributed by atoms with Gasteiger partial charge in [0.05, 0.1) is 23.4 Å². The minimum absolute atomic E-state index is 0.0918. The van der Waals surface area contributed by atoms with Crippen LogP contribution < -0.4 is 9.64 Å². The lowest BCUT2D eigenvalue weighted by Crippen LogP contribution is -2.36. The van der Waals surface area contributed by atoms with Crippen LogP contribution in [0.5, 0.6) is 5.75 Å². The van der Waals surface area contributed by atoms with E-state index in [2.05, 4.69) is 10.1 Å². The Morgan fingerprint density at radius 1 is 1.16 bits per heavy atom. The number of nitrogens with zero attached hydrogens (tertiary/aromatic N) is 4. The zero-order valence-corrected chi connectivity index (χ0v) is 18.5. The van der Waals surface area contributed by atoms with Gasteiger partial charge >= 0.3 is 0 Å². The van der Waals surface area contributed by atoms with Crippen LogP contribution in [-0.4, -0.2) is 34.3 Å². The summed E-state index contributed by atoms with van der Waals surface area (Å²) in [7, 11) is 1.61. The fourth-order valence-electron chi connectivity index (χ4n) is 4.07. The van der Waals surface area contributed by atoms with Crippen LogP contribution >= 0.6 is 11.3 Å². The number of halogens is 1. The molecule has 0 N–H and O–H groups in total. The van der Waals surface area contributed by atoms with Crippen molar-refractivity contribution in [2.24, 2.45) is 0 Å². The van der Waals surface area contributed by atoms with E-state index < -0.39 is 0 Å². The number of ether oxygens (including phenoxy) is 1. The summed E-state index contributed by atoms with van der Waals surface area (Å²) in [6.07, 6.45) is 1.74. The predicted molar refractivity (Wildman–Crippen MR) is 122 cm³/mol. The van der Waals surface area contributed by atoms with E-state index in [0.717, 1.165) is 34.5 Å². The van der Waals surface area contributed by atoms with Crippen molar-refractivity contribution in [2.45, 2.75) is 19.8 Å². The number of anilines is 1. The number of hydrogen-bond donors (Lipinski definition) is 0. The van der Waals surface area contributed by atoms with Crippen molar-refractivity contribution in [2.75, 3.05) is 18.6 Å². The number of aryl methyl sites for hydroxylation is 1. The van der Waals surface area contributed by atoms with Gasteiger partial charge in [-0.15, -0.1) is 16.4 Å². The van der Waals surface area contributed by atoms with Gasteiger partial charge in [0, 0.05) is 6.54 Å². The Morgan fingerprint density at radius 3 is 2.69 bits per heavy atom. The van der Waals surface area contributed by atoms with Crippen LogP contribution in [0.25, 0.3) is 16.4 Å². The Hall–Kier alpha value is -3.52. The van der Waals surface area contributed by atoms with E-state index in [-0.39, 0.29) is 17.5 Å². The highest BCUT2D eigenvalue weighted by Crippen LogP contribution is 2.39. The van der Waals surface area contributed by atoms with E-state index in [1.807, 2.05) is 36.6 Å². The van der Waals surface area contributed by atoms with Crippen LogP contribution in [0.3, 0.4) is 0 Å². The number of carbonyl (C=O) groups excluding carboxylic acids is 1. The van der Waals surface area contributed by atoms with Crippen molar-refractivity contribution in [1.82, 2.24) is 14.8 Å². The van der Waals surface area contributed by atoms with Gasteiger partial charge in [-0.2, -0.15) is 0 Å². The first kappa shape index (κ1) is 20.4. The quantitative estimate of drug-likeness (QED) is 0.439. The summed E-state index contributed by atoms with van der Waals surface area (Å²) in [5, 5.41) is 6.49. The molecule has 1 amide bonds. The standard InChI is InChI=1S/C24H21FN4O2S/c1-15-7-12-19(31-2)21-18(15)5-3-13-28(21)24(30)22-26-23(20-6-4-14-32-20)29(27-22)17-10-8-16(25)9-11-17/h4,6-12,14H,3,5,13H2,1-2H3. The molecule has 162 valence electrons. The predicted octanol–water partition coefficient (Wildman–Crippen LogP) is 5.04. The first-order valence-electron chi connectivity index (χ1n) is 10.3. The molecule has 3 heterocycles. The highest BCUT2D eigenvalue weighted by Gasteiger charge is 2.31. The maximum Gasteiger partial charge on any atom is 0.298 e. The molecule has 5 rings (SSSR count). The molecule has 2 aromatic heterocycles. The molecule has 0 fully saturated rings. The van der Waals surface area contributed by atoms with E-state index in [0.29, 0.717) is 23.8 Å². The summed E-state index contributed by atoms with van der Waals surface area (Å²) in [5.41, 5.74) is 3.66. The normalized spacial score (nSPS) is 13.2. The minimum Gasteiger partial charge on any atom is -0.495 e. The first-order valence-corrected chi connectivity index (χ1v) is 11.2. The number of fused-ring (bicyclic) bond motifs is 1. The molecule has 8 heteroatoms. The molecule has 4 aromatic rings. The number of methoxy groups -OCH3 is 1. The molecule has 2 aromatic carbocycles. The lowest BCUT2D eigenvalue weighted by atomic mass is 9.96. The summed E-state index contributed by atoms with van der Waals surface area (Å²) < 4.78 is 20.7. The second-order valence-corrected chi connectivity index (χ2v) is 8.54. The van der Waals surface area contributed by atoms with Gasteiger partial charge in [-0.25, -0.2) is 14.1 Å². The minimum atomic E-state index is -0.338. The second-order valence-electron chi connectivity index (χ2n) is 7.60. The molecule has 6 nitrogen and oxygen atoms in total. The van der Waals surface area contributed by atoms with Crippen molar-refractivity contribution in [3.8, 4) is 22.1 Å². The molecular formula is C24H21FN4O2S. The van der Waals surface area contributed by atoms with E-state index in [1.54, 1.807) is 28.8 Å². The van der Waals surface area contributed by atoms with Crippen LogP contribution in [0.2, 0.25) is 0 Å². The van der Waals surface area contributed by atoms with Crippen molar-refractivity contribution in [1.29, 1.82) is 0 Å². The molecule has 32 heavy (non-hydrogen) atoms. The maximum absolute atomic E-state index is 13.6. The van der Waals surface area contributed by atoms with Crippen molar-refractivity contribution in [3.63, 3.8) is 0 Å². The van der Waals surface area contributed by atoms with Crippen LogP contribution in [-0.2, 0) is 6.42 Å². The molecule has 1 aliphatic heterocycles. The molecule has 0 aliphatic carbocycles. The number of hydrogen-bond acceptors (Lipinski definition) is 5. The van der Waals surface area contributed by atoms with Gasteiger partial charge in [-0.3, -0.25) is 4.79 Å². The van der Waals surface area contributed by atoms with Gasteiger partial charge in [-0.1, -0.05) is 12.1 Å². The van der Waals surface area contributed by atoms with Crippen molar-refractivity contribution in [3.05, 3.63) is 76.7 Å². The maximum atomic E-state index is 13.6. The average Bonchev–Trinajstić information content (AvgIpc) is 3.49. The van der Waals surface area contributed by atoms with E-state index in [4.69, 9.17) is 4.74 Å². The van der Waals surface area contributed by atoms with Gasteiger partial charge in [0.2, 0.25) is 5.82 Å². The van der Waals surface area contributed by atoms with Crippen LogP contribution in [0.4, 0.5) is 10.1 Å². The molecular weight excluding hydrogens is 427 g/mol. The lowest BCUT2D eigenvalue weighted by molar-refractivity contribution is 0.0974. The summed E-state index contributed by atoms with van der Waals surface area (Å²) in [6.45, 7) is 2.60. The van der Waals surface area contributed by atoms with Gasteiger partial charge < -0.3 is 9.64 Å². The molecule has 0 bridgehead atoms. The number of thiophene rings is 1. The zero-order chi connectivity index (χ0) is 22.2. The Bertz CT molecular complexity index is 1280. The summed E-state index contributed by atoms with van der Waals surface area (Å²) in [4.78, 5) is 20.8. The molecule has 1 aliphatic rings. The van der Waals surface area contributed by atoms with Gasteiger partial charge in [0.1, 0.15) is 11.6 Å². The molecule has 0 unspecified atom stereocenters. The molecule has 0 atom stereocenters. The smallest absolute Gasteiger partial charge is 0.298 e. The van der Waals surface area contributed by atoms with Gasteiger partial charge in [-0.05, 0) is 72.7 Å². The molecule has 0 spiro atoms. The van der Waals surface area contributed by atoms with Crippen LogP contribution in [0.15, 0.2) is 53.9 Å². The highest BCUT2D eigenvalue weighted by molar-refractivity contribution is 7.13. The van der Waals surface area contributed by atoms with Gasteiger partial charge in [0.25, 0.3) is 5.91 Å². The summed E-state index contributed by atoms with van der Waals surface area (Å²) in [5.74, 6) is 0.677. The third kappa shape index (κ3) is 3.46. The average molecular weight is 449 g/mol. The highest BCUT2D eigenvalue weighted by atomic mass is 32.1. The van der Waals surface area contributed by atoms with Crippen molar-refractivity contribution < 1.29 is 13.9 Å². The molecule has 0 saturated heterocycles. The summed E-state index contributed by atoms with van der Waals surface area (Å²) in [6, 6.07) is 13.7. The fourth-order valence-corrected chi connectivity index (χ4v) is 4.77. The lowest BCUT2D eigenvalue weighted by Gasteiger charge is -2.31. The molecule has 0 saturated carbocycles. The first-order chi connectivity index (χ1) is 15.6. The number of rotatable bonds is 4. The van der Waals surface area contributed by atoms with E-state index >= 15 is 0 Å². The number of aromatic nitrogens is 3. The third-order valence-corrected chi connectivity index (χ3v) is 6.50. The molecule has 0 radical (unpaired) electrons. The topological polar surface area (TPSA) is 60.2 Å². The monoisotopic (exact) mass is 448 g/mol. The Balaban J connectivity index is 1.61. The Labute approximate surface area is 188 Å². The zero-order valence-electron chi connectivity index (χ0n) is 17.7. The van der Waals surface area contributed by atoms with Gasteiger partial charge in [0.15, 0.2) is 5.82 Å². The van der Waals surface area contributed by atoms with Crippen LogP contribution in [0, 0.1) is 12.7 Å². The third-order valence-electron chi connectivity index (χ3n) is 5.63. The Morgan fingerprint density at radius 2 is 1.97 bits per heavy atom.